The summed E-state index contributed by atoms with van der Waals surface area (Å²) in [5.74, 6) is 1.03. The van der Waals surface area contributed by atoms with Crippen LogP contribution in [-0.4, -0.2) is 18.9 Å². The standard InChI is InChI=1S/C13H12N2/c1-2-4-11-9-12(6-5-10(11)3-1)13-14-7-8-15-13/h1-6,9H,7-8H2,(H,14,15)/i13-1. The van der Waals surface area contributed by atoms with E-state index in [4.69, 9.17) is 0 Å². The molecule has 0 unspecified atom stereocenters. The molecule has 1 N–H and O–H groups in total. The predicted octanol–water partition coefficient (Wildman–Crippen LogP) is 2.19. The molecule has 15 heavy (non-hydrogen) atoms. The van der Waals surface area contributed by atoms with Crippen LogP contribution in [0.15, 0.2) is 47.5 Å². The van der Waals surface area contributed by atoms with Crippen molar-refractivity contribution in [3.05, 3.63) is 48.0 Å². The fraction of sp³-hybridized carbons (Fsp3) is 0.154. The van der Waals surface area contributed by atoms with E-state index in [1.54, 1.807) is 0 Å². The highest BCUT2D eigenvalue weighted by atomic mass is 14.9. The number of fused-ring (bicyclic) bond motifs is 1. The maximum Gasteiger partial charge on any atom is 0.128 e. The molecular formula is C13H12N2. The molecule has 2 aromatic carbocycles. The number of aliphatic imine (C=N–C) groups is 1. The molecule has 0 amide bonds. The Labute approximate surface area is 88.6 Å². The number of benzene rings is 2. The normalized spacial score (nSPS) is 15.1. The van der Waals surface area contributed by atoms with Crippen molar-refractivity contribution in [1.29, 1.82) is 0 Å². The number of hydrogen-bond acceptors (Lipinski definition) is 2. The monoisotopic (exact) mass is 195 g/mol. The van der Waals surface area contributed by atoms with Crippen molar-refractivity contribution in [2.24, 2.45) is 4.99 Å². The van der Waals surface area contributed by atoms with Crippen molar-refractivity contribution >= 4 is 16.6 Å². The molecule has 0 saturated heterocycles. The van der Waals surface area contributed by atoms with Gasteiger partial charge in [0.15, 0.2) is 0 Å². The lowest BCUT2D eigenvalue weighted by molar-refractivity contribution is 0.960. The summed E-state index contributed by atoms with van der Waals surface area (Å²) in [6, 6.07) is 14.8. The molecule has 0 aromatic heterocycles. The Balaban J connectivity index is 2.13. The van der Waals surface area contributed by atoms with Gasteiger partial charge in [-0.3, -0.25) is 4.99 Å². The van der Waals surface area contributed by atoms with Crippen LogP contribution < -0.4 is 5.32 Å². The third kappa shape index (κ3) is 1.48. The van der Waals surface area contributed by atoms with Gasteiger partial charge in [0, 0.05) is 12.1 Å². The molecular weight excluding hydrogens is 183 g/mol. The van der Waals surface area contributed by atoms with E-state index >= 15 is 0 Å². The van der Waals surface area contributed by atoms with Crippen LogP contribution in [0.1, 0.15) is 5.56 Å². The molecule has 0 fully saturated rings. The van der Waals surface area contributed by atoms with Crippen LogP contribution in [0.5, 0.6) is 0 Å². The minimum absolute atomic E-state index is 0.891. The topological polar surface area (TPSA) is 24.4 Å². The molecule has 2 nitrogen and oxygen atoms in total. The first kappa shape index (κ1) is 8.48. The summed E-state index contributed by atoms with van der Waals surface area (Å²) in [5, 5.41) is 5.84. The molecule has 1 heterocycles. The third-order valence-electron chi connectivity index (χ3n) is 2.70. The van der Waals surface area contributed by atoms with E-state index < -0.39 is 0 Å². The van der Waals surface area contributed by atoms with Crippen LogP contribution in [0.4, 0.5) is 0 Å². The average Bonchev–Trinajstić information content (AvgIpc) is 2.82. The Morgan fingerprint density at radius 2 is 1.87 bits per heavy atom. The van der Waals surface area contributed by atoms with Crippen LogP contribution in [0.2, 0.25) is 0 Å². The SMILES string of the molecule is c1ccc2cc([11C]3=NCCN3)ccc2c1. The van der Waals surface area contributed by atoms with Gasteiger partial charge in [0.05, 0.1) is 6.54 Å². The highest BCUT2D eigenvalue weighted by Crippen LogP contribution is 2.16. The zero-order valence-corrected chi connectivity index (χ0v) is 8.40. The second kappa shape index (κ2) is 3.39. The maximum atomic E-state index is 4.42. The number of hydrogen-bond donors (Lipinski definition) is 1. The molecule has 0 bridgehead atoms. The van der Waals surface area contributed by atoms with Gasteiger partial charge >= 0.3 is 0 Å². The summed E-state index contributed by atoms with van der Waals surface area (Å²) in [7, 11) is 0. The van der Waals surface area contributed by atoms with Crippen LogP contribution in [-0.2, 0) is 0 Å². The Hall–Kier alpha value is -1.83. The quantitative estimate of drug-likeness (QED) is 0.741. The zero-order chi connectivity index (χ0) is 10.1. The Kier molecular flexibility index (Phi) is 1.91. The number of nitrogens with one attached hydrogen (secondary N) is 1. The summed E-state index contributed by atoms with van der Waals surface area (Å²) >= 11 is 0. The largest absolute Gasteiger partial charge is 0.368 e. The Morgan fingerprint density at radius 3 is 2.67 bits per heavy atom. The molecule has 74 valence electrons. The zero-order valence-electron chi connectivity index (χ0n) is 8.40. The van der Waals surface area contributed by atoms with Gasteiger partial charge in [-0.15, -0.1) is 0 Å². The molecule has 0 atom stereocenters. The summed E-state index contributed by atoms with van der Waals surface area (Å²) in [4.78, 5) is 4.42. The minimum atomic E-state index is 0.891. The average molecular weight is 195 g/mol. The van der Waals surface area contributed by atoms with Crippen LogP contribution in [0.3, 0.4) is 0 Å². The highest BCUT2D eigenvalue weighted by molar-refractivity contribution is 6.02. The Morgan fingerprint density at radius 1 is 1.00 bits per heavy atom. The summed E-state index contributed by atoms with van der Waals surface area (Å²) in [5.41, 5.74) is 1.19. The van der Waals surface area contributed by atoms with Crippen LogP contribution in [0.25, 0.3) is 10.8 Å². The van der Waals surface area contributed by atoms with Crippen LogP contribution >= 0.6 is 0 Å². The van der Waals surface area contributed by atoms with E-state index in [1.807, 2.05) is 0 Å². The maximum absolute atomic E-state index is 4.42. The van der Waals surface area contributed by atoms with E-state index in [2.05, 4.69) is 52.8 Å². The predicted molar refractivity (Wildman–Crippen MR) is 63.4 cm³/mol. The number of amidine groups is 1. The van der Waals surface area contributed by atoms with Crippen LogP contribution in [0, 0.1) is 0 Å². The van der Waals surface area contributed by atoms with Crippen molar-refractivity contribution in [2.75, 3.05) is 13.1 Å². The fourth-order valence-electron chi connectivity index (χ4n) is 1.93. The first-order valence-corrected chi connectivity index (χ1v) is 5.21. The molecule has 1 aliphatic rings. The van der Waals surface area contributed by atoms with E-state index in [0.29, 0.717) is 0 Å². The van der Waals surface area contributed by atoms with E-state index in [1.165, 1.54) is 16.3 Å². The summed E-state index contributed by atoms with van der Waals surface area (Å²) < 4.78 is 0. The first-order valence-electron chi connectivity index (χ1n) is 5.21. The second-order valence-corrected chi connectivity index (χ2v) is 3.72. The van der Waals surface area contributed by atoms with Gasteiger partial charge in [0.2, 0.25) is 0 Å². The summed E-state index contributed by atoms with van der Waals surface area (Å²) in [6.07, 6.45) is 0. The van der Waals surface area contributed by atoms with Crippen molar-refractivity contribution < 1.29 is 0 Å². The van der Waals surface area contributed by atoms with Gasteiger partial charge in [-0.2, -0.15) is 0 Å². The van der Waals surface area contributed by atoms with Crippen molar-refractivity contribution in [2.45, 2.75) is 0 Å². The second-order valence-electron chi connectivity index (χ2n) is 3.72. The lowest BCUT2D eigenvalue weighted by Crippen LogP contribution is -2.19. The van der Waals surface area contributed by atoms with Crippen molar-refractivity contribution in [3.8, 4) is 0 Å². The fourth-order valence-corrected chi connectivity index (χ4v) is 1.93. The smallest absolute Gasteiger partial charge is 0.128 e. The molecule has 2 heteroatoms. The van der Waals surface area contributed by atoms with E-state index in [0.717, 1.165) is 18.9 Å². The number of nitrogens with zero attached hydrogens (tertiary/aromatic N) is 1. The van der Waals surface area contributed by atoms with E-state index in [-0.39, 0.29) is 0 Å². The number of rotatable bonds is 1. The lowest BCUT2D eigenvalue weighted by atomic mass is 9.86. The minimum Gasteiger partial charge on any atom is -0.368 e. The first-order chi connectivity index (χ1) is 7.43. The molecule has 0 radical (unpaired) electrons. The molecule has 1 aliphatic heterocycles. The van der Waals surface area contributed by atoms with Gasteiger partial charge < -0.3 is 5.32 Å². The van der Waals surface area contributed by atoms with Gasteiger partial charge in [0.1, 0.15) is 5.84 Å². The lowest BCUT2D eigenvalue weighted by Gasteiger charge is -2.04. The highest BCUT2D eigenvalue weighted by Gasteiger charge is 2.07. The third-order valence-corrected chi connectivity index (χ3v) is 2.70. The van der Waals surface area contributed by atoms with Crippen molar-refractivity contribution in [3.63, 3.8) is 0 Å². The van der Waals surface area contributed by atoms with Gasteiger partial charge in [0.25, 0.3) is 0 Å². The van der Waals surface area contributed by atoms with Gasteiger partial charge in [-0.25, -0.2) is 0 Å². The molecule has 0 saturated carbocycles. The van der Waals surface area contributed by atoms with Gasteiger partial charge in [-0.1, -0.05) is 36.4 Å². The molecule has 0 aliphatic carbocycles. The molecule has 0 spiro atoms. The van der Waals surface area contributed by atoms with Gasteiger partial charge in [-0.05, 0) is 16.8 Å². The van der Waals surface area contributed by atoms with Crippen molar-refractivity contribution in [1.82, 2.24) is 5.32 Å². The Bertz CT molecular complexity index is 529. The van der Waals surface area contributed by atoms with E-state index in [9.17, 15) is 0 Å². The molecule has 2 aromatic rings. The summed E-state index contributed by atoms with van der Waals surface area (Å²) in [6.45, 7) is 1.85. The molecule has 3 rings (SSSR count).